The van der Waals surface area contributed by atoms with Gasteiger partial charge in [0.2, 0.25) is 0 Å². The van der Waals surface area contributed by atoms with Gasteiger partial charge in [0.1, 0.15) is 0 Å². The lowest BCUT2D eigenvalue weighted by molar-refractivity contribution is 0.600. The highest BCUT2D eigenvalue weighted by Crippen LogP contribution is 2.26. The second-order valence-electron chi connectivity index (χ2n) is 3.18. The van der Waals surface area contributed by atoms with Crippen LogP contribution in [0.3, 0.4) is 0 Å². The van der Waals surface area contributed by atoms with E-state index in [1.807, 2.05) is 32.9 Å². The van der Waals surface area contributed by atoms with E-state index in [9.17, 15) is 8.42 Å². The van der Waals surface area contributed by atoms with Gasteiger partial charge in [-0.1, -0.05) is 31.5 Å². The van der Waals surface area contributed by atoms with Crippen LogP contribution in [-0.2, 0) is 16.3 Å². The number of benzene rings is 1. The van der Waals surface area contributed by atoms with Crippen molar-refractivity contribution >= 4 is 9.84 Å². The van der Waals surface area contributed by atoms with Gasteiger partial charge in [-0.2, -0.15) is 0 Å². The Labute approximate surface area is 85.9 Å². The molecule has 1 heterocycles. The normalized spacial score (nSPS) is 16.8. The summed E-state index contributed by atoms with van der Waals surface area (Å²) in [7, 11) is -2.92. The fourth-order valence-electron chi connectivity index (χ4n) is 1.56. The summed E-state index contributed by atoms with van der Waals surface area (Å²) in [6.45, 7) is 5.98. The molecule has 3 heteroatoms. The zero-order chi connectivity index (χ0) is 10.8. The summed E-state index contributed by atoms with van der Waals surface area (Å²) < 4.78 is 22.7. The van der Waals surface area contributed by atoms with Crippen molar-refractivity contribution in [3.8, 4) is 0 Å². The highest BCUT2D eigenvalue weighted by Gasteiger charge is 2.25. The van der Waals surface area contributed by atoms with E-state index in [4.69, 9.17) is 0 Å². The average molecular weight is 212 g/mol. The molecule has 14 heavy (non-hydrogen) atoms. The SMILES string of the molecule is CC.Cc1ccc2c(c1)CCS2(=O)=O. The van der Waals surface area contributed by atoms with Gasteiger partial charge < -0.3 is 0 Å². The first-order valence-corrected chi connectivity index (χ1v) is 6.57. The van der Waals surface area contributed by atoms with Crippen molar-refractivity contribution in [3.63, 3.8) is 0 Å². The Morgan fingerprint density at radius 1 is 1.21 bits per heavy atom. The lowest BCUT2D eigenvalue weighted by Gasteiger charge is -1.98. The summed E-state index contributed by atoms with van der Waals surface area (Å²) in [6.07, 6.45) is 0.680. The molecule has 0 radical (unpaired) electrons. The van der Waals surface area contributed by atoms with Gasteiger partial charge in [0.15, 0.2) is 9.84 Å². The zero-order valence-corrected chi connectivity index (χ0v) is 9.69. The predicted octanol–water partition coefficient (Wildman–Crippen LogP) is 2.35. The molecule has 0 atom stereocenters. The molecule has 0 unspecified atom stereocenters. The van der Waals surface area contributed by atoms with Crippen LogP contribution in [0.15, 0.2) is 23.1 Å². The average Bonchev–Trinajstić information content (AvgIpc) is 2.45. The maximum absolute atomic E-state index is 11.4. The van der Waals surface area contributed by atoms with E-state index in [-0.39, 0.29) is 5.75 Å². The fraction of sp³-hybridized carbons (Fsp3) is 0.455. The second-order valence-corrected chi connectivity index (χ2v) is 5.26. The van der Waals surface area contributed by atoms with Gasteiger partial charge in [0.05, 0.1) is 10.6 Å². The Balaban J connectivity index is 0.000000461. The molecule has 1 aromatic rings. The van der Waals surface area contributed by atoms with Crippen molar-refractivity contribution in [3.05, 3.63) is 29.3 Å². The number of aryl methyl sites for hydroxylation is 2. The van der Waals surface area contributed by atoms with Crippen LogP contribution in [0, 0.1) is 6.92 Å². The van der Waals surface area contributed by atoms with Gasteiger partial charge in [-0.3, -0.25) is 0 Å². The predicted molar refractivity (Wildman–Crippen MR) is 58.3 cm³/mol. The topological polar surface area (TPSA) is 34.1 Å². The number of fused-ring (bicyclic) bond motifs is 1. The van der Waals surface area contributed by atoms with Gasteiger partial charge >= 0.3 is 0 Å². The summed E-state index contributed by atoms with van der Waals surface area (Å²) in [5.41, 5.74) is 2.11. The summed E-state index contributed by atoms with van der Waals surface area (Å²) in [5, 5.41) is 0. The van der Waals surface area contributed by atoms with E-state index in [1.165, 1.54) is 0 Å². The summed E-state index contributed by atoms with van der Waals surface area (Å²) in [5.74, 6) is 0.284. The van der Waals surface area contributed by atoms with Gasteiger partial charge in [0.25, 0.3) is 0 Å². The van der Waals surface area contributed by atoms with Crippen LogP contribution >= 0.6 is 0 Å². The standard InChI is InChI=1S/C9H10O2S.C2H6/c1-7-2-3-9-8(6-7)4-5-12(9,10)11;1-2/h2-3,6H,4-5H2,1H3;1-2H3. The molecule has 0 aromatic heterocycles. The Hall–Kier alpha value is -0.830. The number of sulfone groups is 1. The first-order chi connectivity index (χ1) is 6.59. The van der Waals surface area contributed by atoms with Gasteiger partial charge in [-0.25, -0.2) is 8.42 Å². The highest BCUT2D eigenvalue weighted by molar-refractivity contribution is 7.91. The van der Waals surface area contributed by atoms with E-state index >= 15 is 0 Å². The quantitative estimate of drug-likeness (QED) is 0.661. The van der Waals surface area contributed by atoms with Crippen molar-refractivity contribution in [2.45, 2.75) is 32.1 Å². The fourth-order valence-corrected chi connectivity index (χ4v) is 3.11. The van der Waals surface area contributed by atoms with Crippen molar-refractivity contribution in [2.24, 2.45) is 0 Å². The van der Waals surface area contributed by atoms with E-state index in [0.717, 1.165) is 11.1 Å². The largest absolute Gasteiger partial charge is 0.224 e. The van der Waals surface area contributed by atoms with E-state index in [1.54, 1.807) is 6.07 Å². The van der Waals surface area contributed by atoms with E-state index in [0.29, 0.717) is 11.3 Å². The van der Waals surface area contributed by atoms with Crippen LogP contribution in [0.25, 0.3) is 0 Å². The van der Waals surface area contributed by atoms with Crippen LogP contribution in [-0.4, -0.2) is 14.2 Å². The van der Waals surface area contributed by atoms with Crippen molar-refractivity contribution in [2.75, 3.05) is 5.75 Å². The number of hydrogen-bond donors (Lipinski definition) is 0. The molecule has 1 aliphatic rings. The molecule has 2 nitrogen and oxygen atoms in total. The first kappa shape index (κ1) is 11.2. The monoisotopic (exact) mass is 212 g/mol. The Kier molecular flexibility index (Phi) is 3.32. The van der Waals surface area contributed by atoms with E-state index < -0.39 is 9.84 Å². The molecule has 0 N–H and O–H groups in total. The second kappa shape index (κ2) is 4.13. The molecule has 0 fully saturated rings. The van der Waals surface area contributed by atoms with Crippen molar-refractivity contribution in [1.82, 2.24) is 0 Å². The third-order valence-electron chi connectivity index (χ3n) is 2.19. The van der Waals surface area contributed by atoms with Crippen molar-refractivity contribution in [1.29, 1.82) is 0 Å². The molecule has 78 valence electrons. The summed E-state index contributed by atoms with van der Waals surface area (Å²) >= 11 is 0. The maximum atomic E-state index is 11.4. The van der Waals surface area contributed by atoms with Crippen LogP contribution in [0.2, 0.25) is 0 Å². The van der Waals surface area contributed by atoms with Crippen LogP contribution < -0.4 is 0 Å². The van der Waals surface area contributed by atoms with Crippen LogP contribution in [0.5, 0.6) is 0 Å². The highest BCUT2D eigenvalue weighted by atomic mass is 32.2. The molecular formula is C11H16O2S. The molecular weight excluding hydrogens is 196 g/mol. The number of hydrogen-bond acceptors (Lipinski definition) is 2. The lowest BCUT2D eigenvalue weighted by Crippen LogP contribution is -1.98. The summed E-state index contributed by atoms with van der Waals surface area (Å²) in [4.78, 5) is 0.535. The molecule has 0 amide bonds. The van der Waals surface area contributed by atoms with Crippen molar-refractivity contribution < 1.29 is 8.42 Å². The van der Waals surface area contributed by atoms with E-state index in [2.05, 4.69) is 0 Å². The lowest BCUT2D eigenvalue weighted by atomic mass is 10.1. The minimum atomic E-state index is -2.92. The third-order valence-corrected chi connectivity index (χ3v) is 4.00. The smallest absolute Gasteiger partial charge is 0.178 e. The van der Waals surface area contributed by atoms with Gasteiger partial charge in [-0.05, 0) is 25.0 Å². The summed E-state index contributed by atoms with van der Waals surface area (Å²) in [6, 6.07) is 5.52. The molecule has 0 bridgehead atoms. The Morgan fingerprint density at radius 3 is 2.50 bits per heavy atom. The third kappa shape index (κ3) is 1.98. The molecule has 0 saturated carbocycles. The minimum absolute atomic E-state index is 0.284. The van der Waals surface area contributed by atoms with Gasteiger partial charge in [-0.15, -0.1) is 0 Å². The molecule has 2 rings (SSSR count). The number of rotatable bonds is 0. The molecule has 1 aliphatic heterocycles. The zero-order valence-electron chi connectivity index (χ0n) is 8.87. The molecule has 0 aliphatic carbocycles. The van der Waals surface area contributed by atoms with Crippen LogP contribution in [0.1, 0.15) is 25.0 Å². The first-order valence-electron chi connectivity index (χ1n) is 4.92. The Morgan fingerprint density at radius 2 is 1.86 bits per heavy atom. The Bertz CT molecular complexity index is 419. The molecule has 0 saturated heterocycles. The van der Waals surface area contributed by atoms with Gasteiger partial charge in [0, 0.05) is 0 Å². The minimum Gasteiger partial charge on any atom is -0.224 e. The molecule has 1 aromatic carbocycles. The molecule has 0 spiro atoms. The van der Waals surface area contributed by atoms with Crippen LogP contribution in [0.4, 0.5) is 0 Å². The maximum Gasteiger partial charge on any atom is 0.178 e.